The number of rotatable bonds is 5. The summed E-state index contributed by atoms with van der Waals surface area (Å²) in [5, 5.41) is 3.31. The lowest BCUT2D eigenvalue weighted by Gasteiger charge is -2.56. The predicted octanol–water partition coefficient (Wildman–Crippen LogP) is 3.22. The van der Waals surface area contributed by atoms with Gasteiger partial charge in [-0.1, -0.05) is 11.6 Å². The molecule has 5 rings (SSSR count). The molecule has 0 saturated heterocycles. The van der Waals surface area contributed by atoms with Crippen LogP contribution in [0.2, 0.25) is 5.15 Å². The lowest BCUT2D eigenvalue weighted by atomic mass is 9.49. The number of halogens is 1. The number of hydrogen-bond acceptors (Lipinski definition) is 4. The molecule has 0 aromatic carbocycles. The predicted molar refractivity (Wildman–Crippen MR) is 93.1 cm³/mol. The van der Waals surface area contributed by atoms with Crippen molar-refractivity contribution < 1.29 is 14.3 Å². The number of aromatic nitrogens is 1. The SMILES string of the molecule is O=C(COC(=O)c1ccc(Cl)nc1)NCC12CC3CC(CC(C3)C1)C2. The average Bonchev–Trinajstić information content (AvgIpc) is 2.57. The van der Waals surface area contributed by atoms with E-state index in [1.54, 1.807) is 0 Å². The molecule has 0 atom stereocenters. The first-order chi connectivity index (χ1) is 12.0. The molecule has 6 heteroatoms. The lowest BCUT2D eigenvalue weighted by molar-refractivity contribution is -0.126. The molecular formula is C19H23ClN2O3. The fourth-order valence-electron chi connectivity index (χ4n) is 5.55. The fourth-order valence-corrected chi connectivity index (χ4v) is 5.67. The molecule has 4 bridgehead atoms. The standard InChI is InChI=1S/C19H23ClN2O3/c20-16-2-1-15(9-21-16)18(24)25-10-17(23)22-11-19-6-12-3-13(7-19)5-14(4-12)8-19/h1-2,9,12-14H,3-8,10-11H2,(H,22,23). The Labute approximate surface area is 152 Å². The number of pyridine rings is 1. The van der Waals surface area contributed by atoms with Gasteiger partial charge in [-0.2, -0.15) is 0 Å². The summed E-state index contributed by atoms with van der Waals surface area (Å²) >= 11 is 5.69. The van der Waals surface area contributed by atoms with Crippen LogP contribution in [0, 0.1) is 23.2 Å². The van der Waals surface area contributed by atoms with Crippen molar-refractivity contribution in [3.05, 3.63) is 29.0 Å². The van der Waals surface area contributed by atoms with Crippen molar-refractivity contribution in [1.82, 2.24) is 10.3 Å². The first kappa shape index (κ1) is 16.8. The monoisotopic (exact) mass is 362 g/mol. The number of carbonyl (C=O) groups is 2. The van der Waals surface area contributed by atoms with Gasteiger partial charge in [0, 0.05) is 12.7 Å². The molecule has 4 aliphatic carbocycles. The maximum atomic E-state index is 12.1. The molecule has 5 nitrogen and oxygen atoms in total. The maximum Gasteiger partial charge on any atom is 0.340 e. The Morgan fingerprint density at radius 1 is 1.16 bits per heavy atom. The van der Waals surface area contributed by atoms with Crippen molar-refractivity contribution in [2.45, 2.75) is 38.5 Å². The fraction of sp³-hybridized carbons (Fsp3) is 0.632. The van der Waals surface area contributed by atoms with Crippen molar-refractivity contribution in [2.24, 2.45) is 23.2 Å². The zero-order valence-electron chi connectivity index (χ0n) is 14.2. The van der Waals surface area contributed by atoms with Crippen LogP contribution in [-0.2, 0) is 9.53 Å². The van der Waals surface area contributed by atoms with E-state index in [0.29, 0.717) is 10.7 Å². The molecule has 134 valence electrons. The molecular weight excluding hydrogens is 340 g/mol. The summed E-state index contributed by atoms with van der Waals surface area (Å²) in [4.78, 5) is 27.8. The van der Waals surface area contributed by atoms with Gasteiger partial charge in [0.1, 0.15) is 5.15 Å². The maximum absolute atomic E-state index is 12.1. The van der Waals surface area contributed by atoms with Gasteiger partial charge in [-0.3, -0.25) is 4.79 Å². The summed E-state index contributed by atoms with van der Waals surface area (Å²) < 4.78 is 5.07. The second-order valence-corrected chi connectivity index (χ2v) is 8.53. The molecule has 25 heavy (non-hydrogen) atoms. The van der Waals surface area contributed by atoms with Crippen LogP contribution in [0.3, 0.4) is 0 Å². The van der Waals surface area contributed by atoms with Crippen LogP contribution >= 0.6 is 11.6 Å². The third kappa shape index (κ3) is 3.66. The molecule has 1 aromatic heterocycles. The van der Waals surface area contributed by atoms with Gasteiger partial charge < -0.3 is 10.1 Å². The van der Waals surface area contributed by atoms with E-state index >= 15 is 0 Å². The third-order valence-corrected chi connectivity index (χ3v) is 6.35. The smallest absolute Gasteiger partial charge is 0.340 e. The summed E-state index contributed by atoms with van der Waals surface area (Å²) in [7, 11) is 0. The van der Waals surface area contributed by atoms with Gasteiger partial charge >= 0.3 is 5.97 Å². The van der Waals surface area contributed by atoms with Crippen LogP contribution in [0.1, 0.15) is 48.9 Å². The average molecular weight is 363 g/mol. The van der Waals surface area contributed by atoms with Gasteiger partial charge in [0.05, 0.1) is 5.56 Å². The van der Waals surface area contributed by atoms with Crippen LogP contribution in [-0.4, -0.2) is 30.0 Å². The molecule has 0 spiro atoms. The second kappa shape index (κ2) is 6.60. The summed E-state index contributed by atoms with van der Waals surface area (Å²) in [5.74, 6) is 1.79. The Morgan fingerprint density at radius 3 is 2.36 bits per heavy atom. The van der Waals surface area contributed by atoms with E-state index in [4.69, 9.17) is 16.3 Å². The van der Waals surface area contributed by atoms with Crippen LogP contribution in [0.4, 0.5) is 0 Å². The molecule has 1 amide bonds. The van der Waals surface area contributed by atoms with Gasteiger partial charge in [0.25, 0.3) is 5.91 Å². The molecule has 4 aliphatic rings. The quantitative estimate of drug-likeness (QED) is 0.645. The van der Waals surface area contributed by atoms with Crippen LogP contribution in [0.5, 0.6) is 0 Å². The molecule has 0 radical (unpaired) electrons. The molecule has 0 unspecified atom stereocenters. The highest BCUT2D eigenvalue weighted by Crippen LogP contribution is 2.59. The van der Waals surface area contributed by atoms with E-state index in [1.165, 1.54) is 56.9 Å². The minimum absolute atomic E-state index is 0.231. The van der Waals surface area contributed by atoms with Crippen LogP contribution in [0.15, 0.2) is 18.3 Å². The Hall–Kier alpha value is -1.62. The normalized spacial score (nSPS) is 32.4. The Balaban J connectivity index is 1.26. The zero-order valence-corrected chi connectivity index (χ0v) is 14.9. The van der Waals surface area contributed by atoms with E-state index in [9.17, 15) is 9.59 Å². The van der Waals surface area contributed by atoms with Crippen molar-refractivity contribution >= 4 is 23.5 Å². The van der Waals surface area contributed by atoms with Crippen LogP contribution in [0.25, 0.3) is 0 Å². The number of nitrogens with one attached hydrogen (secondary N) is 1. The van der Waals surface area contributed by atoms with Gasteiger partial charge in [-0.15, -0.1) is 0 Å². The Morgan fingerprint density at radius 2 is 1.80 bits per heavy atom. The minimum Gasteiger partial charge on any atom is -0.452 e. The van der Waals surface area contributed by atoms with Gasteiger partial charge in [-0.05, 0) is 73.8 Å². The first-order valence-electron chi connectivity index (χ1n) is 9.07. The van der Waals surface area contributed by atoms with Gasteiger partial charge in [0.15, 0.2) is 6.61 Å². The molecule has 1 aromatic rings. The van der Waals surface area contributed by atoms with E-state index in [-0.39, 0.29) is 17.9 Å². The molecule has 1 heterocycles. The number of ether oxygens (including phenoxy) is 1. The topological polar surface area (TPSA) is 68.3 Å². The van der Waals surface area contributed by atoms with Crippen molar-refractivity contribution in [2.75, 3.05) is 13.2 Å². The van der Waals surface area contributed by atoms with Crippen LogP contribution < -0.4 is 5.32 Å². The summed E-state index contributed by atoms with van der Waals surface area (Å²) in [6, 6.07) is 3.05. The van der Waals surface area contributed by atoms with Crippen molar-refractivity contribution in [1.29, 1.82) is 0 Å². The third-order valence-electron chi connectivity index (χ3n) is 6.12. The summed E-state index contributed by atoms with van der Waals surface area (Å²) in [6.45, 7) is 0.462. The largest absolute Gasteiger partial charge is 0.452 e. The van der Waals surface area contributed by atoms with Crippen molar-refractivity contribution in [3.63, 3.8) is 0 Å². The summed E-state index contributed by atoms with van der Waals surface area (Å²) in [5.41, 5.74) is 0.576. The number of carbonyl (C=O) groups excluding carboxylic acids is 2. The van der Waals surface area contributed by atoms with E-state index in [2.05, 4.69) is 10.3 Å². The highest BCUT2D eigenvalue weighted by molar-refractivity contribution is 6.29. The molecule has 1 N–H and O–H groups in total. The lowest BCUT2D eigenvalue weighted by Crippen LogP contribution is -2.51. The molecule has 4 fully saturated rings. The number of hydrogen-bond donors (Lipinski definition) is 1. The number of amides is 1. The summed E-state index contributed by atoms with van der Waals surface area (Å²) in [6.07, 6.45) is 9.25. The number of esters is 1. The van der Waals surface area contributed by atoms with E-state index < -0.39 is 5.97 Å². The second-order valence-electron chi connectivity index (χ2n) is 8.14. The molecule has 4 saturated carbocycles. The van der Waals surface area contributed by atoms with Crippen molar-refractivity contribution in [3.8, 4) is 0 Å². The van der Waals surface area contributed by atoms with Gasteiger partial charge in [-0.25, -0.2) is 9.78 Å². The first-order valence-corrected chi connectivity index (χ1v) is 9.44. The molecule has 0 aliphatic heterocycles. The van der Waals surface area contributed by atoms with E-state index in [0.717, 1.165) is 24.3 Å². The van der Waals surface area contributed by atoms with E-state index in [1.807, 2.05) is 0 Å². The number of nitrogens with zero attached hydrogens (tertiary/aromatic N) is 1. The van der Waals surface area contributed by atoms with Gasteiger partial charge in [0.2, 0.25) is 0 Å². The highest BCUT2D eigenvalue weighted by Gasteiger charge is 2.50. The Kier molecular flexibility index (Phi) is 4.44. The Bertz CT molecular complexity index is 638. The minimum atomic E-state index is -0.561. The highest BCUT2D eigenvalue weighted by atomic mass is 35.5. The zero-order chi connectivity index (χ0) is 17.4.